The van der Waals surface area contributed by atoms with E-state index in [2.05, 4.69) is 0 Å². The number of hydrogen-bond donors (Lipinski definition) is 1. The second-order valence-electron chi connectivity index (χ2n) is 6.28. The van der Waals surface area contributed by atoms with E-state index in [-0.39, 0.29) is 4.90 Å². The van der Waals surface area contributed by atoms with Gasteiger partial charge in [-0.1, -0.05) is 30.5 Å². The maximum atomic E-state index is 12.9. The quantitative estimate of drug-likeness (QED) is 0.849. The van der Waals surface area contributed by atoms with Gasteiger partial charge in [0.15, 0.2) is 0 Å². The van der Waals surface area contributed by atoms with Gasteiger partial charge in [0.1, 0.15) is 5.92 Å². The van der Waals surface area contributed by atoms with Gasteiger partial charge >= 0.3 is 5.97 Å². The van der Waals surface area contributed by atoms with Gasteiger partial charge in [-0.15, -0.1) is 0 Å². The van der Waals surface area contributed by atoms with E-state index in [9.17, 15) is 23.1 Å². The molecule has 1 N–H and O–H groups in total. The number of benzene rings is 1. The fourth-order valence-corrected chi connectivity index (χ4v) is 5.39. The monoisotopic (exact) mass is 337 g/mol. The first-order chi connectivity index (χ1) is 10.8. The van der Waals surface area contributed by atoms with Crippen LogP contribution in [0, 0.1) is 18.8 Å². The van der Waals surface area contributed by atoms with Crippen molar-refractivity contribution in [1.82, 2.24) is 4.31 Å². The fraction of sp³-hybridized carbons (Fsp3) is 0.500. The molecule has 2 fully saturated rings. The van der Waals surface area contributed by atoms with Crippen molar-refractivity contribution in [3.63, 3.8) is 0 Å². The van der Waals surface area contributed by atoms with Crippen molar-refractivity contribution >= 4 is 21.9 Å². The number of carboxylic acids is 1. The zero-order valence-electron chi connectivity index (χ0n) is 12.8. The van der Waals surface area contributed by atoms with Gasteiger partial charge in [-0.2, -0.15) is 0 Å². The van der Waals surface area contributed by atoms with Crippen LogP contribution in [0.2, 0.25) is 0 Å². The molecule has 3 rings (SSSR count). The second-order valence-corrected chi connectivity index (χ2v) is 8.10. The van der Waals surface area contributed by atoms with Gasteiger partial charge in [-0.25, -0.2) is 12.7 Å². The number of hydrogen-bond acceptors (Lipinski definition) is 4. The summed E-state index contributed by atoms with van der Waals surface area (Å²) in [4.78, 5) is 24.1. The Balaban J connectivity index is 2.05. The number of aliphatic carboxylic acids is 1. The first-order valence-corrected chi connectivity index (χ1v) is 9.16. The highest BCUT2D eigenvalue weighted by atomic mass is 32.2. The third-order valence-corrected chi connectivity index (χ3v) is 6.67. The zero-order chi connectivity index (χ0) is 16.8. The van der Waals surface area contributed by atoms with E-state index in [0.717, 1.165) is 22.7 Å². The number of carbonyl (C=O) groups is 2. The first-order valence-electron chi connectivity index (χ1n) is 7.72. The molecule has 3 atom stereocenters. The fourth-order valence-electron chi connectivity index (χ4n) is 3.71. The van der Waals surface area contributed by atoms with E-state index in [1.807, 2.05) is 6.92 Å². The maximum absolute atomic E-state index is 12.9. The van der Waals surface area contributed by atoms with E-state index in [0.29, 0.717) is 12.8 Å². The number of fused-ring (bicyclic) bond motifs is 1. The van der Waals surface area contributed by atoms with E-state index in [1.54, 1.807) is 12.1 Å². The summed E-state index contributed by atoms with van der Waals surface area (Å²) in [6.45, 7) is 1.84. The van der Waals surface area contributed by atoms with Gasteiger partial charge < -0.3 is 5.11 Å². The summed E-state index contributed by atoms with van der Waals surface area (Å²) in [5.41, 5.74) is 0.913. The molecule has 7 heteroatoms. The van der Waals surface area contributed by atoms with Crippen molar-refractivity contribution in [1.29, 1.82) is 0 Å². The molecule has 6 nitrogen and oxygen atoms in total. The molecule has 1 unspecified atom stereocenters. The number of amides is 1. The van der Waals surface area contributed by atoms with Gasteiger partial charge in [0.25, 0.3) is 15.9 Å². The summed E-state index contributed by atoms with van der Waals surface area (Å²) in [5.74, 6) is -3.70. The van der Waals surface area contributed by atoms with E-state index >= 15 is 0 Å². The minimum Gasteiger partial charge on any atom is -0.481 e. The molecule has 1 saturated carbocycles. The molecule has 1 heterocycles. The van der Waals surface area contributed by atoms with Crippen molar-refractivity contribution in [2.24, 2.45) is 11.8 Å². The predicted octanol–water partition coefficient (Wildman–Crippen LogP) is 1.79. The SMILES string of the molecule is Cc1ccc(S(=O)(=O)N2C(=O)C(C(=O)O)[C@H]3CCCC[C@@H]32)cc1. The lowest BCUT2D eigenvalue weighted by atomic mass is 9.80. The zero-order valence-corrected chi connectivity index (χ0v) is 13.6. The second kappa shape index (κ2) is 5.63. The minimum absolute atomic E-state index is 0.0341. The molecule has 0 aromatic heterocycles. The maximum Gasteiger partial charge on any atom is 0.316 e. The summed E-state index contributed by atoms with van der Waals surface area (Å²) >= 11 is 0. The van der Waals surface area contributed by atoms with Gasteiger partial charge in [-0.05, 0) is 31.9 Å². The van der Waals surface area contributed by atoms with Crippen LogP contribution in [0.3, 0.4) is 0 Å². The topological polar surface area (TPSA) is 91.8 Å². The van der Waals surface area contributed by atoms with Crippen LogP contribution in [0.1, 0.15) is 31.2 Å². The van der Waals surface area contributed by atoms with Crippen LogP contribution < -0.4 is 0 Å². The Morgan fingerprint density at radius 2 is 1.78 bits per heavy atom. The minimum atomic E-state index is -4.02. The van der Waals surface area contributed by atoms with Crippen LogP contribution in [-0.2, 0) is 19.6 Å². The van der Waals surface area contributed by atoms with Gasteiger partial charge in [-0.3, -0.25) is 9.59 Å². The van der Waals surface area contributed by atoms with Crippen molar-refractivity contribution in [2.75, 3.05) is 0 Å². The molecule has 1 amide bonds. The van der Waals surface area contributed by atoms with E-state index < -0.39 is 39.8 Å². The Hall–Kier alpha value is -1.89. The van der Waals surface area contributed by atoms with Crippen LogP contribution >= 0.6 is 0 Å². The molecular weight excluding hydrogens is 318 g/mol. The molecule has 0 radical (unpaired) electrons. The number of carbonyl (C=O) groups excluding carboxylic acids is 1. The summed E-state index contributed by atoms with van der Waals surface area (Å²) in [6, 6.07) is 5.72. The summed E-state index contributed by atoms with van der Waals surface area (Å²) in [5, 5.41) is 9.37. The number of carboxylic acid groups (broad SMARTS) is 1. The molecule has 1 saturated heterocycles. The van der Waals surface area contributed by atoms with Gasteiger partial charge in [0.2, 0.25) is 0 Å². The lowest BCUT2D eigenvalue weighted by Crippen LogP contribution is -2.41. The molecule has 23 heavy (non-hydrogen) atoms. The molecule has 0 bridgehead atoms. The lowest BCUT2D eigenvalue weighted by Gasteiger charge is -2.31. The van der Waals surface area contributed by atoms with Crippen molar-refractivity contribution in [3.8, 4) is 0 Å². The normalized spacial score (nSPS) is 27.8. The largest absolute Gasteiger partial charge is 0.481 e. The Morgan fingerprint density at radius 3 is 2.39 bits per heavy atom. The number of aryl methyl sites for hydroxylation is 1. The van der Waals surface area contributed by atoms with E-state index in [1.165, 1.54) is 12.1 Å². The van der Waals surface area contributed by atoms with Crippen LogP contribution in [0.4, 0.5) is 0 Å². The highest BCUT2D eigenvalue weighted by Crippen LogP contribution is 2.43. The Kier molecular flexibility index (Phi) is 3.91. The number of nitrogens with zero attached hydrogens (tertiary/aromatic N) is 1. The Morgan fingerprint density at radius 1 is 1.17 bits per heavy atom. The Bertz CT molecular complexity index is 740. The summed E-state index contributed by atoms with van der Waals surface area (Å²) < 4.78 is 26.6. The predicted molar refractivity (Wildman–Crippen MR) is 82.1 cm³/mol. The molecule has 2 aliphatic rings. The number of sulfonamides is 1. The molecule has 1 aromatic carbocycles. The van der Waals surface area contributed by atoms with Crippen molar-refractivity contribution in [2.45, 2.75) is 43.5 Å². The third kappa shape index (κ3) is 2.52. The summed E-state index contributed by atoms with van der Waals surface area (Å²) in [7, 11) is -4.02. The van der Waals surface area contributed by atoms with Gasteiger partial charge in [0, 0.05) is 5.92 Å². The Labute approximate surface area is 135 Å². The van der Waals surface area contributed by atoms with Gasteiger partial charge in [0.05, 0.1) is 10.9 Å². The van der Waals surface area contributed by atoms with Crippen molar-refractivity contribution < 1.29 is 23.1 Å². The molecule has 1 aromatic rings. The molecular formula is C16H19NO5S. The molecule has 0 spiro atoms. The highest BCUT2D eigenvalue weighted by molar-refractivity contribution is 7.89. The molecule has 1 aliphatic carbocycles. The average molecular weight is 337 g/mol. The highest BCUT2D eigenvalue weighted by Gasteiger charge is 2.56. The molecule has 124 valence electrons. The number of rotatable bonds is 3. The summed E-state index contributed by atoms with van der Waals surface area (Å²) in [6.07, 6.45) is 2.75. The van der Waals surface area contributed by atoms with Crippen LogP contribution in [0.25, 0.3) is 0 Å². The van der Waals surface area contributed by atoms with Crippen LogP contribution in [0.15, 0.2) is 29.2 Å². The first kappa shape index (κ1) is 16.0. The van der Waals surface area contributed by atoms with Crippen LogP contribution in [-0.4, -0.2) is 35.7 Å². The van der Waals surface area contributed by atoms with E-state index in [4.69, 9.17) is 0 Å². The van der Waals surface area contributed by atoms with Crippen molar-refractivity contribution in [3.05, 3.63) is 29.8 Å². The smallest absolute Gasteiger partial charge is 0.316 e. The van der Waals surface area contributed by atoms with Crippen LogP contribution in [0.5, 0.6) is 0 Å². The lowest BCUT2D eigenvalue weighted by molar-refractivity contribution is -0.147. The molecule has 1 aliphatic heterocycles. The third-order valence-electron chi connectivity index (χ3n) is 4.84. The average Bonchev–Trinajstić information content (AvgIpc) is 2.80. The standard InChI is InChI=1S/C16H19NO5S/c1-10-6-8-11(9-7-10)23(21,22)17-13-5-3-2-4-12(13)14(15(17)18)16(19)20/h6-9,12-14H,2-5H2,1H3,(H,19,20)/t12-,13-,14?/m0/s1.